The molecule has 3 rings (SSSR count). The fourth-order valence-corrected chi connectivity index (χ4v) is 4.34. The van der Waals surface area contributed by atoms with Gasteiger partial charge in [-0.1, -0.05) is 17.7 Å². The molecule has 1 aliphatic rings. The number of thiocarbonyl (C=S) groups is 1. The van der Waals surface area contributed by atoms with Crippen molar-refractivity contribution in [2.45, 2.75) is 24.3 Å². The summed E-state index contributed by atoms with van der Waals surface area (Å²) in [5.41, 5.74) is 1.23. The SMILES string of the molecule is CSc1cccc(N2C(=O)C(CC(=O)Nc3ccc(Cl)cc3)N(CCNC(C)=O)C2=S)c1. The van der Waals surface area contributed by atoms with Crippen LogP contribution in [0.1, 0.15) is 13.3 Å². The molecule has 1 heterocycles. The van der Waals surface area contributed by atoms with Crippen molar-refractivity contribution in [2.75, 3.05) is 29.6 Å². The first-order valence-corrected chi connectivity index (χ1v) is 11.9. The highest BCUT2D eigenvalue weighted by Crippen LogP contribution is 2.29. The Morgan fingerprint density at radius 1 is 1.19 bits per heavy atom. The van der Waals surface area contributed by atoms with Crippen molar-refractivity contribution in [2.24, 2.45) is 0 Å². The smallest absolute Gasteiger partial charge is 0.256 e. The van der Waals surface area contributed by atoms with Crippen molar-refractivity contribution in [3.8, 4) is 0 Å². The number of thioether (sulfide) groups is 1. The standard InChI is InChI=1S/C22H23ClN4O3S2/c1-14(28)24-10-11-26-19(13-20(29)25-16-8-6-15(23)7-9-16)21(30)27(22(26)31)17-4-3-5-18(12-17)32-2/h3-9,12,19H,10-11,13H2,1-2H3,(H,24,28)(H,25,29). The average molecular weight is 491 g/mol. The van der Waals surface area contributed by atoms with E-state index in [9.17, 15) is 14.4 Å². The lowest BCUT2D eigenvalue weighted by atomic mass is 10.1. The maximum absolute atomic E-state index is 13.4. The van der Waals surface area contributed by atoms with E-state index >= 15 is 0 Å². The Labute approximate surface area is 201 Å². The first-order chi connectivity index (χ1) is 15.3. The highest BCUT2D eigenvalue weighted by Gasteiger charge is 2.44. The van der Waals surface area contributed by atoms with Gasteiger partial charge in [0.25, 0.3) is 5.91 Å². The van der Waals surface area contributed by atoms with Crippen LogP contribution in [0.4, 0.5) is 11.4 Å². The minimum Gasteiger partial charge on any atom is -0.355 e. The molecule has 32 heavy (non-hydrogen) atoms. The van der Waals surface area contributed by atoms with E-state index in [0.29, 0.717) is 34.6 Å². The average Bonchev–Trinajstić information content (AvgIpc) is 2.99. The highest BCUT2D eigenvalue weighted by atomic mass is 35.5. The van der Waals surface area contributed by atoms with Crippen LogP contribution in [-0.4, -0.2) is 53.1 Å². The molecule has 1 unspecified atom stereocenters. The van der Waals surface area contributed by atoms with Gasteiger partial charge in [-0.15, -0.1) is 11.8 Å². The van der Waals surface area contributed by atoms with E-state index < -0.39 is 6.04 Å². The van der Waals surface area contributed by atoms with Crippen LogP contribution in [0.25, 0.3) is 0 Å². The van der Waals surface area contributed by atoms with Crippen molar-refractivity contribution in [1.82, 2.24) is 10.2 Å². The van der Waals surface area contributed by atoms with Crippen molar-refractivity contribution >= 4 is 69.8 Å². The second kappa shape index (κ2) is 10.8. The number of carbonyl (C=O) groups excluding carboxylic acids is 3. The van der Waals surface area contributed by atoms with E-state index in [1.54, 1.807) is 40.9 Å². The topological polar surface area (TPSA) is 81.8 Å². The van der Waals surface area contributed by atoms with Gasteiger partial charge in [0, 0.05) is 35.6 Å². The van der Waals surface area contributed by atoms with Crippen molar-refractivity contribution in [3.05, 3.63) is 53.6 Å². The lowest BCUT2D eigenvalue weighted by molar-refractivity contribution is -0.124. The number of hydrogen-bond donors (Lipinski definition) is 2. The Bertz CT molecular complexity index is 1030. The molecule has 7 nitrogen and oxygen atoms in total. The molecule has 10 heteroatoms. The molecule has 0 bridgehead atoms. The number of anilines is 2. The molecule has 0 radical (unpaired) electrons. The summed E-state index contributed by atoms with van der Waals surface area (Å²) in [6.07, 6.45) is 1.87. The largest absolute Gasteiger partial charge is 0.355 e. The molecule has 2 aromatic carbocycles. The van der Waals surface area contributed by atoms with E-state index in [-0.39, 0.29) is 24.1 Å². The summed E-state index contributed by atoms with van der Waals surface area (Å²) in [6.45, 7) is 2.03. The molecule has 2 N–H and O–H groups in total. The van der Waals surface area contributed by atoms with Gasteiger partial charge in [0.1, 0.15) is 6.04 Å². The third-order valence-electron chi connectivity index (χ3n) is 4.86. The first kappa shape index (κ1) is 24.0. The molecule has 168 valence electrons. The fourth-order valence-electron chi connectivity index (χ4n) is 3.35. The summed E-state index contributed by atoms with van der Waals surface area (Å²) in [7, 11) is 0. The van der Waals surface area contributed by atoms with Crippen LogP contribution in [0.3, 0.4) is 0 Å². The van der Waals surface area contributed by atoms with Crippen molar-refractivity contribution < 1.29 is 14.4 Å². The van der Waals surface area contributed by atoms with Gasteiger partial charge in [-0.3, -0.25) is 19.3 Å². The van der Waals surface area contributed by atoms with Gasteiger partial charge in [-0.2, -0.15) is 0 Å². The summed E-state index contributed by atoms with van der Waals surface area (Å²) in [6, 6.07) is 13.5. The zero-order valence-corrected chi connectivity index (χ0v) is 20.0. The molecule has 2 aromatic rings. The van der Waals surface area contributed by atoms with Crippen LogP contribution in [0.2, 0.25) is 5.02 Å². The lowest BCUT2D eigenvalue weighted by Crippen LogP contribution is -2.42. The number of rotatable bonds is 8. The van der Waals surface area contributed by atoms with Gasteiger partial charge < -0.3 is 15.5 Å². The molecular weight excluding hydrogens is 468 g/mol. The van der Waals surface area contributed by atoms with E-state index in [2.05, 4.69) is 10.6 Å². The third-order valence-corrected chi connectivity index (χ3v) is 6.26. The second-order valence-corrected chi connectivity index (χ2v) is 8.79. The number of halogens is 1. The fraction of sp³-hybridized carbons (Fsp3) is 0.273. The summed E-state index contributed by atoms with van der Waals surface area (Å²) in [5, 5.41) is 6.37. The number of amides is 3. The van der Waals surface area contributed by atoms with Crippen LogP contribution in [0, 0.1) is 0 Å². The third kappa shape index (κ3) is 5.79. The molecule has 1 fully saturated rings. The minimum atomic E-state index is -0.776. The Kier molecular flexibility index (Phi) is 8.11. The van der Waals surface area contributed by atoms with Crippen molar-refractivity contribution in [1.29, 1.82) is 0 Å². The first-order valence-electron chi connectivity index (χ1n) is 9.88. The molecule has 0 aliphatic carbocycles. The molecule has 1 atom stereocenters. The quantitative estimate of drug-likeness (QED) is 0.435. The number of nitrogens with zero attached hydrogens (tertiary/aromatic N) is 2. The van der Waals surface area contributed by atoms with Crippen LogP contribution < -0.4 is 15.5 Å². The maximum Gasteiger partial charge on any atom is 0.256 e. The van der Waals surface area contributed by atoms with E-state index in [1.807, 2.05) is 30.5 Å². The number of hydrogen-bond acceptors (Lipinski definition) is 5. The molecule has 3 amide bonds. The zero-order valence-electron chi connectivity index (χ0n) is 17.6. The molecule has 1 saturated heterocycles. The Morgan fingerprint density at radius 3 is 2.56 bits per heavy atom. The molecule has 0 spiro atoms. The highest BCUT2D eigenvalue weighted by molar-refractivity contribution is 7.98. The Balaban J connectivity index is 1.81. The van der Waals surface area contributed by atoms with Gasteiger partial charge >= 0.3 is 0 Å². The van der Waals surface area contributed by atoms with Gasteiger partial charge in [0.15, 0.2) is 5.11 Å². The van der Waals surface area contributed by atoms with E-state index in [4.69, 9.17) is 23.8 Å². The van der Waals surface area contributed by atoms with Gasteiger partial charge in [-0.25, -0.2) is 0 Å². The van der Waals surface area contributed by atoms with E-state index in [0.717, 1.165) is 4.90 Å². The predicted molar refractivity (Wildman–Crippen MR) is 132 cm³/mol. The normalized spacial score (nSPS) is 15.8. The summed E-state index contributed by atoms with van der Waals surface area (Å²) >= 11 is 13.1. The number of benzene rings is 2. The van der Waals surface area contributed by atoms with Gasteiger partial charge in [-0.05, 0) is 60.9 Å². The Morgan fingerprint density at radius 2 is 1.91 bits per heavy atom. The second-order valence-electron chi connectivity index (χ2n) is 7.11. The number of carbonyl (C=O) groups is 3. The lowest BCUT2D eigenvalue weighted by Gasteiger charge is -2.24. The van der Waals surface area contributed by atoms with Gasteiger partial charge in [0.05, 0.1) is 12.1 Å². The van der Waals surface area contributed by atoms with Crippen LogP contribution >= 0.6 is 35.6 Å². The van der Waals surface area contributed by atoms with Gasteiger partial charge in [0.2, 0.25) is 11.8 Å². The van der Waals surface area contributed by atoms with Crippen LogP contribution in [0.15, 0.2) is 53.4 Å². The molecule has 0 saturated carbocycles. The van der Waals surface area contributed by atoms with Crippen molar-refractivity contribution in [3.63, 3.8) is 0 Å². The molecule has 1 aliphatic heterocycles. The molecular formula is C22H23ClN4O3S2. The minimum absolute atomic E-state index is 0.0829. The van der Waals surface area contributed by atoms with Crippen LogP contribution in [0.5, 0.6) is 0 Å². The maximum atomic E-state index is 13.4. The zero-order chi connectivity index (χ0) is 23.3. The monoisotopic (exact) mass is 490 g/mol. The molecule has 0 aromatic heterocycles. The number of nitrogens with one attached hydrogen (secondary N) is 2. The Hall–Kier alpha value is -2.62. The summed E-state index contributed by atoms with van der Waals surface area (Å²) < 4.78 is 0. The summed E-state index contributed by atoms with van der Waals surface area (Å²) in [5.74, 6) is -0.775. The predicted octanol–water partition coefficient (Wildman–Crippen LogP) is 3.53. The van der Waals surface area contributed by atoms with Crippen LogP contribution in [-0.2, 0) is 14.4 Å². The summed E-state index contributed by atoms with van der Waals surface area (Å²) in [4.78, 5) is 41.5. The van der Waals surface area contributed by atoms with E-state index in [1.165, 1.54) is 11.8 Å².